The Labute approximate surface area is 186 Å². The topological polar surface area (TPSA) is 90.7 Å². The van der Waals surface area contributed by atoms with Crippen LogP contribution in [0, 0.1) is 11.7 Å². The van der Waals surface area contributed by atoms with Crippen LogP contribution in [0.4, 0.5) is 10.2 Å². The standard InChI is InChI=1S/C24H26FN5O2/c1-4-26-15(3)24(32)27-16-10-11-30(13-16)23-17-9-8-14(2)12-19(17)28-22(29-23)21-18(25)6-5-7-20(21)31/h4-9,14,16,31H,1,10-13H2,2-3H3,(H,27,32)/t14?,16-/m1/s1. The number of allylic oxidation sites excluding steroid dienone is 1. The van der Waals surface area contributed by atoms with Crippen LogP contribution in [0.15, 0.2) is 42.0 Å². The number of hydrogen-bond donors (Lipinski definition) is 2. The summed E-state index contributed by atoms with van der Waals surface area (Å²) in [6, 6.07) is 4.09. The van der Waals surface area contributed by atoms with Gasteiger partial charge in [0.1, 0.15) is 23.1 Å². The van der Waals surface area contributed by atoms with Gasteiger partial charge in [-0.2, -0.15) is 0 Å². The molecule has 1 saturated heterocycles. The average Bonchev–Trinajstić information content (AvgIpc) is 3.21. The molecule has 1 aromatic heterocycles. The Balaban J connectivity index is 1.68. The van der Waals surface area contributed by atoms with E-state index in [-0.39, 0.29) is 29.1 Å². The first-order valence-corrected chi connectivity index (χ1v) is 10.7. The van der Waals surface area contributed by atoms with Crippen molar-refractivity contribution in [1.82, 2.24) is 15.3 Å². The second-order valence-corrected chi connectivity index (χ2v) is 8.21. The Hall–Kier alpha value is -3.55. The summed E-state index contributed by atoms with van der Waals surface area (Å²) in [7, 11) is 0. The summed E-state index contributed by atoms with van der Waals surface area (Å²) in [5.41, 5.74) is 2.08. The molecular formula is C24H26FN5O2. The number of phenols is 1. The summed E-state index contributed by atoms with van der Waals surface area (Å²) in [5.74, 6) is 0.150. The zero-order chi connectivity index (χ0) is 22.8. The van der Waals surface area contributed by atoms with Crippen LogP contribution in [0.3, 0.4) is 0 Å². The van der Waals surface area contributed by atoms with Crippen molar-refractivity contribution in [2.45, 2.75) is 32.7 Å². The molecule has 1 fully saturated rings. The first-order chi connectivity index (χ1) is 15.4. The van der Waals surface area contributed by atoms with E-state index in [9.17, 15) is 14.3 Å². The first-order valence-electron chi connectivity index (χ1n) is 10.7. The van der Waals surface area contributed by atoms with E-state index < -0.39 is 5.82 Å². The van der Waals surface area contributed by atoms with Gasteiger partial charge in [0.05, 0.1) is 11.3 Å². The number of amides is 1. The van der Waals surface area contributed by atoms with Crippen molar-refractivity contribution in [3.63, 3.8) is 0 Å². The molecule has 1 aliphatic heterocycles. The molecule has 2 aliphatic rings. The maximum Gasteiger partial charge on any atom is 0.265 e. The smallest absolute Gasteiger partial charge is 0.265 e. The van der Waals surface area contributed by atoms with Gasteiger partial charge in [-0.15, -0.1) is 0 Å². The fourth-order valence-electron chi connectivity index (χ4n) is 4.11. The van der Waals surface area contributed by atoms with Crippen LogP contribution in [0.5, 0.6) is 5.75 Å². The van der Waals surface area contributed by atoms with Gasteiger partial charge in [0, 0.05) is 30.9 Å². The highest BCUT2D eigenvalue weighted by Crippen LogP contribution is 2.36. The van der Waals surface area contributed by atoms with Gasteiger partial charge in [-0.3, -0.25) is 9.79 Å². The molecule has 0 bridgehead atoms. The summed E-state index contributed by atoms with van der Waals surface area (Å²) >= 11 is 0. The number of nitrogens with zero attached hydrogens (tertiary/aromatic N) is 4. The molecule has 1 amide bonds. The molecule has 1 aliphatic carbocycles. The quantitative estimate of drug-likeness (QED) is 0.702. The largest absolute Gasteiger partial charge is 0.507 e. The van der Waals surface area contributed by atoms with Crippen LogP contribution >= 0.6 is 0 Å². The van der Waals surface area contributed by atoms with E-state index in [0.29, 0.717) is 37.0 Å². The Morgan fingerprint density at radius 2 is 2.22 bits per heavy atom. The lowest BCUT2D eigenvalue weighted by Crippen LogP contribution is -2.40. The molecule has 2 N–H and O–H groups in total. The number of nitrogens with one attached hydrogen (secondary N) is 1. The third kappa shape index (κ3) is 4.26. The highest BCUT2D eigenvalue weighted by molar-refractivity contribution is 6.38. The van der Waals surface area contributed by atoms with Crippen molar-refractivity contribution in [2.75, 3.05) is 18.0 Å². The Morgan fingerprint density at radius 1 is 1.41 bits per heavy atom. The number of rotatable bonds is 5. The van der Waals surface area contributed by atoms with E-state index in [1.807, 2.05) is 6.08 Å². The van der Waals surface area contributed by atoms with Crippen molar-refractivity contribution in [1.29, 1.82) is 0 Å². The van der Waals surface area contributed by atoms with Crippen LogP contribution in [0.25, 0.3) is 17.5 Å². The fourth-order valence-corrected chi connectivity index (χ4v) is 4.11. The van der Waals surface area contributed by atoms with E-state index in [1.54, 1.807) is 6.92 Å². The molecule has 0 radical (unpaired) electrons. The summed E-state index contributed by atoms with van der Waals surface area (Å²) in [6.07, 6.45) is 6.91. The molecule has 8 heteroatoms. The zero-order valence-electron chi connectivity index (χ0n) is 18.2. The third-order valence-electron chi connectivity index (χ3n) is 5.76. The molecule has 7 nitrogen and oxygen atoms in total. The van der Waals surface area contributed by atoms with E-state index in [1.165, 1.54) is 24.4 Å². The number of aliphatic imine (C=N–C) groups is 1. The van der Waals surface area contributed by atoms with Crippen molar-refractivity contribution in [3.05, 3.63) is 54.1 Å². The molecular weight excluding hydrogens is 409 g/mol. The van der Waals surface area contributed by atoms with E-state index in [0.717, 1.165) is 17.7 Å². The summed E-state index contributed by atoms with van der Waals surface area (Å²) in [5, 5.41) is 13.3. The van der Waals surface area contributed by atoms with E-state index in [2.05, 4.69) is 44.8 Å². The maximum atomic E-state index is 14.6. The molecule has 1 unspecified atom stereocenters. The van der Waals surface area contributed by atoms with Crippen LogP contribution in [0.2, 0.25) is 0 Å². The number of hydrogen-bond acceptors (Lipinski definition) is 6. The van der Waals surface area contributed by atoms with E-state index in [4.69, 9.17) is 0 Å². The molecule has 2 atom stereocenters. The Morgan fingerprint density at radius 3 is 2.97 bits per heavy atom. The second-order valence-electron chi connectivity index (χ2n) is 8.21. The van der Waals surface area contributed by atoms with Gasteiger partial charge < -0.3 is 15.3 Å². The monoisotopic (exact) mass is 435 g/mol. The number of aromatic hydroxyl groups is 1. The lowest BCUT2D eigenvalue weighted by atomic mass is 9.94. The van der Waals surface area contributed by atoms with Gasteiger partial charge in [0.25, 0.3) is 5.91 Å². The van der Waals surface area contributed by atoms with Crippen LogP contribution in [-0.2, 0) is 11.2 Å². The highest BCUT2D eigenvalue weighted by atomic mass is 19.1. The zero-order valence-corrected chi connectivity index (χ0v) is 18.2. The Kier molecular flexibility index (Phi) is 6.03. The molecule has 2 aromatic rings. The van der Waals surface area contributed by atoms with Crippen molar-refractivity contribution in [2.24, 2.45) is 10.9 Å². The normalized spacial score (nSPS) is 20.2. The Bertz CT molecular complexity index is 1110. The van der Waals surface area contributed by atoms with Crippen LogP contribution in [-0.4, -0.2) is 45.8 Å². The molecule has 0 spiro atoms. The van der Waals surface area contributed by atoms with Crippen molar-refractivity contribution >= 4 is 23.5 Å². The van der Waals surface area contributed by atoms with Crippen molar-refractivity contribution < 1.29 is 14.3 Å². The molecule has 32 heavy (non-hydrogen) atoms. The minimum atomic E-state index is -0.571. The fraction of sp³-hybridized carbons (Fsp3) is 0.333. The predicted molar refractivity (Wildman–Crippen MR) is 123 cm³/mol. The first kappa shape index (κ1) is 21.7. The van der Waals surface area contributed by atoms with Gasteiger partial charge in [-0.25, -0.2) is 14.4 Å². The van der Waals surface area contributed by atoms with Crippen LogP contribution in [0.1, 0.15) is 31.5 Å². The number of aromatic nitrogens is 2. The number of phenolic OH excluding ortho intramolecular Hbond substituents is 1. The van der Waals surface area contributed by atoms with Gasteiger partial charge in [0.2, 0.25) is 0 Å². The molecule has 2 heterocycles. The molecule has 1 aromatic carbocycles. The minimum Gasteiger partial charge on any atom is -0.507 e. The number of anilines is 1. The predicted octanol–water partition coefficient (Wildman–Crippen LogP) is 3.49. The van der Waals surface area contributed by atoms with E-state index >= 15 is 0 Å². The molecule has 166 valence electrons. The second kappa shape index (κ2) is 8.90. The van der Waals surface area contributed by atoms with Crippen LogP contribution < -0.4 is 10.2 Å². The minimum absolute atomic E-state index is 0.000864. The number of fused-ring (bicyclic) bond motifs is 1. The number of carbonyl (C=O) groups excluding carboxylic acids is 1. The highest BCUT2D eigenvalue weighted by Gasteiger charge is 2.30. The molecule has 4 rings (SSSR count). The van der Waals surface area contributed by atoms with Gasteiger partial charge in [-0.1, -0.05) is 31.7 Å². The third-order valence-corrected chi connectivity index (χ3v) is 5.76. The number of halogens is 1. The van der Waals surface area contributed by atoms with Gasteiger partial charge in [0.15, 0.2) is 5.82 Å². The lowest BCUT2D eigenvalue weighted by Gasteiger charge is -2.25. The SMILES string of the molecule is C=CN=C(C)C(=O)N[C@@H]1CCN(c2nc(-c3c(O)cccc3F)nc3c2C=CC(C)C3)C1. The number of carbonyl (C=O) groups is 1. The summed E-state index contributed by atoms with van der Waals surface area (Å²) in [6.45, 7) is 8.49. The van der Waals surface area contributed by atoms with Gasteiger partial charge >= 0.3 is 0 Å². The van der Waals surface area contributed by atoms with Crippen molar-refractivity contribution in [3.8, 4) is 17.1 Å². The summed E-state index contributed by atoms with van der Waals surface area (Å²) < 4.78 is 14.6. The maximum absolute atomic E-state index is 14.6. The average molecular weight is 436 g/mol. The van der Waals surface area contributed by atoms with Gasteiger partial charge in [-0.05, 0) is 37.8 Å². The summed E-state index contributed by atoms with van der Waals surface area (Å²) in [4.78, 5) is 27.6. The number of benzene rings is 1. The molecule has 0 saturated carbocycles. The lowest BCUT2D eigenvalue weighted by molar-refractivity contribution is -0.115.